The molecule has 9 heteroatoms. The first-order chi connectivity index (χ1) is 17.0. The number of carbonyl (C=O) groups is 2. The number of hydrogen-bond donors (Lipinski definition) is 1. The highest BCUT2D eigenvalue weighted by Gasteiger charge is 2.28. The summed E-state index contributed by atoms with van der Waals surface area (Å²) in [5, 5.41) is 13.1. The monoisotopic (exact) mass is 493 g/mol. The van der Waals surface area contributed by atoms with Crippen LogP contribution in [0.2, 0.25) is 0 Å². The molecule has 184 valence electrons. The number of hydrogen-bond acceptors (Lipinski definition) is 7. The number of amides is 2. The molecule has 0 atom stereocenters. The van der Waals surface area contributed by atoms with Crippen LogP contribution in [0.25, 0.3) is 6.08 Å². The molecule has 1 aromatic heterocycles. The van der Waals surface area contributed by atoms with Crippen LogP contribution in [0.1, 0.15) is 28.0 Å². The molecule has 0 unspecified atom stereocenters. The Bertz CT molecular complexity index is 1100. The maximum Gasteiger partial charge on any atom is 0.410 e. The Morgan fingerprint density at radius 1 is 1.17 bits per heavy atom. The minimum absolute atomic E-state index is 0.291. The number of likely N-dealkylation sites (N-methyl/N-ethyl adjacent to an activating group) is 1. The van der Waals surface area contributed by atoms with Gasteiger partial charge in [-0.25, -0.2) is 4.79 Å². The van der Waals surface area contributed by atoms with Crippen molar-refractivity contribution in [3.8, 4) is 6.07 Å². The number of anilines is 1. The number of rotatable bonds is 7. The topological polar surface area (TPSA) is 88.9 Å². The van der Waals surface area contributed by atoms with Crippen molar-refractivity contribution in [3.05, 3.63) is 58.0 Å². The largest absolute Gasteiger partial charge is 0.449 e. The highest BCUT2D eigenvalue weighted by Crippen LogP contribution is 2.36. The fourth-order valence-electron chi connectivity index (χ4n) is 4.27. The molecule has 2 aliphatic heterocycles. The van der Waals surface area contributed by atoms with Gasteiger partial charge in [-0.1, -0.05) is 30.3 Å². The van der Waals surface area contributed by atoms with E-state index in [1.54, 1.807) is 11.0 Å². The lowest BCUT2D eigenvalue weighted by Gasteiger charge is -2.32. The Labute approximate surface area is 210 Å². The van der Waals surface area contributed by atoms with E-state index in [2.05, 4.69) is 28.2 Å². The minimum Gasteiger partial charge on any atom is -0.449 e. The second-order valence-electron chi connectivity index (χ2n) is 8.84. The predicted octanol–water partition coefficient (Wildman–Crippen LogP) is 3.40. The van der Waals surface area contributed by atoms with Gasteiger partial charge in [-0.05, 0) is 37.1 Å². The number of fused-ring (bicyclic) bond motifs is 1. The molecule has 35 heavy (non-hydrogen) atoms. The highest BCUT2D eigenvalue weighted by atomic mass is 32.1. The Hall–Kier alpha value is -3.19. The van der Waals surface area contributed by atoms with E-state index in [1.165, 1.54) is 17.4 Å². The second kappa shape index (κ2) is 12.0. The van der Waals surface area contributed by atoms with Gasteiger partial charge in [-0.2, -0.15) is 5.26 Å². The van der Waals surface area contributed by atoms with Crippen molar-refractivity contribution in [3.63, 3.8) is 0 Å². The molecule has 0 aliphatic carbocycles. The maximum atomic E-state index is 12.6. The molecule has 2 aliphatic rings. The number of piperazine rings is 1. The van der Waals surface area contributed by atoms with Gasteiger partial charge in [0.05, 0.1) is 18.7 Å². The lowest BCUT2D eigenvalue weighted by Crippen LogP contribution is -2.44. The third kappa shape index (κ3) is 6.69. The predicted molar refractivity (Wildman–Crippen MR) is 137 cm³/mol. The van der Waals surface area contributed by atoms with Crippen LogP contribution < -0.4 is 5.32 Å². The number of nitrogens with one attached hydrogen (secondary N) is 1. The van der Waals surface area contributed by atoms with E-state index in [0.717, 1.165) is 55.1 Å². The lowest BCUT2D eigenvalue weighted by molar-refractivity contribution is -0.111. The van der Waals surface area contributed by atoms with Crippen molar-refractivity contribution in [2.75, 3.05) is 58.2 Å². The van der Waals surface area contributed by atoms with Crippen molar-refractivity contribution < 1.29 is 14.3 Å². The standard InChI is InChI=1S/C26H31N5O3S/c1-29-13-15-30(16-14-29)11-5-17-34-26(33)31-12-10-21-22(18-27)25(35-23(21)19-31)28-24(32)9-8-20-6-3-2-4-7-20/h2-4,6-9H,5,10-17,19H2,1H3,(H,28,32)/b9-8+. The van der Waals surface area contributed by atoms with Crippen LogP contribution in [-0.4, -0.2) is 79.6 Å². The number of benzene rings is 1. The van der Waals surface area contributed by atoms with Gasteiger partial charge in [0.2, 0.25) is 5.91 Å². The van der Waals surface area contributed by atoms with Crippen LogP contribution in [-0.2, 0) is 22.5 Å². The fraction of sp³-hybridized carbons (Fsp3) is 0.423. The average molecular weight is 494 g/mol. The summed E-state index contributed by atoms with van der Waals surface area (Å²) in [5.74, 6) is -0.291. The summed E-state index contributed by atoms with van der Waals surface area (Å²) in [6.07, 6.45) is 4.26. The number of nitrogens with zero attached hydrogens (tertiary/aromatic N) is 4. The van der Waals surface area contributed by atoms with Crippen LogP contribution in [0, 0.1) is 11.3 Å². The molecular formula is C26H31N5O3S. The van der Waals surface area contributed by atoms with Gasteiger partial charge in [-0.15, -0.1) is 11.3 Å². The molecule has 0 saturated carbocycles. The molecule has 8 nitrogen and oxygen atoms in total. The summed E-state index contributed by atoms with van der Waals surface area (Å²) in [5.41, 5.74) is 2.33. The van der Waals surface area contributed by atoms with Crippen molar-refractivity contribution in [1.82, 2.24) is 14.7 Å². The van der Waals surface area contributed by atoms with E-state index >= 15 is 0 Å². The van der Waals surface area contributed by atoms with Crippen LogP contribution in [0.15, 0.2) is 36.4 Å². The molecule has 1 aromatic carbocycles. The Morgan fingerprint density at radius 3 is 2.69 bits per heavy atom. The summed E-state index contributed by atoms with van der Waals surface area (Å²) in [6.45, 7) is 6.49. The van der Waals surface area contributed by atoms with Crippen LogP contribution in [0.3, 0.4) is 0 Å². The molecule has 1 fully saturated rings. The van der Waals surface area contributed by atoms with E-state index in [-0.39, 0.29) is 12.0 Å². The average Bonchev–Trinajstić information content (AvgIpc) is 3.22. The Morgan fingerprint density at radius 2 is 1.94 bits per heavy atom. The number of nitriles is 1. The highest BCUT2D eigenvalue weighted by molar-refractivity contribution is 7.16. The van der Waals surface area contributed by atoms with Crippen LogP contribution in [0.4, 0.5) is 9.80 Å². The zero-order valence-electron chi connectivity index (χ0n) is 20.0. The van der Waals surface area contributed by atoms with Gasteiger partial charge in [0.15, 0.2) is 0 Å². The molecule has 1 N–H and O–H groups in total. The second-order valence-corrected chi connectivity index (χ2v) is 9.94. The van der Waals surface area contributed by atoms with Crippen molar-refractivity contribution in [2.45, 2.75) is 19.4 Å². The lowest BCUT2D eigenvalue weighted by atomic mass is 10.0. The molecule has 3 heterocycles. The minimum atomic E-state index is -0.322. The molecule has 0 radical (unpaired) electrons. The molecule has 0 spiro atoms. The van der Waals surface area contributed by atoms with E-state index in [1.807, 2.05) is 30.3 Å². The molecule has 1 saturated heterocycles. The van der Waals surface area contributed by atoms with E-state index in [9.17, 15) is 14.9 Å². The first-order valence-electron chi connectivity index (χ1n) is 11.9. The molecule has 0 bridgehead atoms. The van der Waals surface area contributed by atoms with E-state index in [4.69, 9.17) is 4.74 Å². The van der Waals surface area contributed by atoms with E-state index < -0.39 is 0 Å². The first-order valence-corrected chi connectivity index (χ1v) is 12.8. The summed E-state index contributed by atoms with van der Waals surface area (Å²) >= 11 is 1.36. The zero-order chi connectivity index (χ0) is 24.6. The number of carbonyl (C=O) groups excluding carboxylic acids is 2. The normalized spacial score (nSPS) is 16.6. The zero-order valence-corrected chi connectivity index (χ0v) is 20.9. The van der Waals surface area contributed by atoms with Gasteiger partial charge >= 0.3 is 6.09 Å². The van der Waals surface area contributed by atoms with Crippen molar-refractivity contribution >= 4 is 34.4 Å². The SMILES string of the molecule is CN1CCN(CCCOC(=O)N2CCc3c(sc(NC(=O)/C=C/c4ccccc4)c3C#N)C2)CC1. The number of ether oxygens (including phenoxy) is 1. The third-order valence-electron chi connectivity index (χ3n) is 6.33. The summed E-state index contributed by atoms with van der Waals surface area (Å²) in [7, 11) is 2.14. The first kappa shape index (κ1) is 24.9. The van der Waals surface area contributed by atoms with Gasteiger partial charge in [0.1, 0.15) is 11.1 Å². The van der Waals surface area contributed by atoms with Gasteiger partial charge in [0.25, 0.3) is 0 Å². The van der Waals surface area contributed by atoms with Gasteiger partial charge in [-0.3, -0.25) is 4.79 Å². The summed E-state index contributed by atoms with van der Waals surface area (Å²) in [4.78, 5) is 32.4. The molecule has 4 rings (SSSR count). The van der Waals surface area contributed by atoms with Crippen molar-refractivity contribution in [1.29, 1.82) is 5.26 Å². The fourth-order valence-corrected chi connectivity index (χ4v) is 5.48. The van der Waals surface area contributed by atoms with Crippen LogP contribution >= 0.6 is 11.3 Å². The van der Waals surface area contributed by atoms with Crippen molar-refractivity contribution in [2.24, 2.45) is 0 Å². The summed E-state index contributed by atoms with van der Waals surface area (Å²) in [6, 6.07) is 11.8. The Kier molecular flexibility index (Phi) is 8.53. The molecule has 2 aromatic rings. The molecule has 2 amide bonds. The van der Waals surface area contributed by atoms with Gasteiger partial charge in [0, 0.05) is 50.2 Å². The maximum absolute atomic E-state index is 12.6. The van der Waals surface area contributed by atoms with Gasteiger partial charge < -0.3 is 24.8 Å². The quantitative estimate of drug-likeness (QED) is 0.470. The third-order valence-corrected chi connectivity index (χ3v) is 7.46. The molecular weight excluding hydrogens is 462 g/mol. The summed E-state index contributed by atoms with van der Waals surface area (Å²) < 4.78 is 5.52. The van der Waals surface area contributed by atoms with E-state index in [0.29, 0.717) is 36.7 Å². The van der Waals surface area contributed by atoms with Crippen LogP contribution in [0.5, 0.6) is 0 Å². The smallest absolute Gasteiger partial charge is 0.410 e. The number of thiophene rings is 1. The Balaban J connectivity index is 1.28.